The topological polar surface area (TPSA) is 29.5 Å². The van der Waals surface area contributed by atoms with Gasteiger partial charge in [0, 0.05) is 0 Å². The molecule has 0 aromatic heterocycles. The van der Waals surface area contributed by atoms with Crippen LogP contribution >= 0.6 is 0 Å². The zero-order valence-corrected chi connectivity index (χ0v) is 9.43. The Morgan fingerprint density at radius 1 is 1.33 bits per heavy atom. The smallest absolute Gasteiger partial charge is 0.327 e. The molecule has 0 saturated heterocycles. The quantitative estimate of drug-likeness (QED) is 0.706. The van der Waals surface area contributed by atoms with Gasteiger partial charge in [-0.2, -0.15) is 0 Å². The molecule has 0 aliphatic heterocycles. The molecular formula is C12H17NO2. The summed E-state index contributed by atoms with van der Waals surface area (Å²) in [4.78, 5) is 13.6. The molecule has 3 nitrogen and oxygen atoms in total. The van der Waals surface area contributed by atoms with Crippen LogP contribution < -0.4 is 0 Å². The van der Waals surface area contributed by atoms with Crippen molar-refractivity contribution in [3.63, 3.8) is 0 Å². The minimum Gasteiger partial charge on any atom is -0.465 e. The molecular weight excluding hydrogens is 190 g/mol. The second kappa shape index (κ2) is 5.51. The van der Waals surface area contributed by atoms with E-state index >= 15 is 0 Å². The van der Waals surface area contributed by atoms with Crippen LogP contribution in [0.2, 0.25) is 0 Å². The standard InChI is InChI=1S/C12H17NO2/c1-4-15-12(14)11(13(2)3)10-8-6-5-7-9-10/h5-9,11H,4H2,1-3H3/t11-/m1/s1. The van der Waals surface area contributed by atoms with Crippen molar-refractivity contribution in [3.8, 4) is 0 Å². The lowest BCUT2D eigenvalue weighted by Crippen LogP contribution is -2.29. The van der Waals surface area contributed by atoms with Crippen LogP contribution in [0.15, 0.2) is 30.3 Å². The summed E-state index contributed by atoms with van der Waals surface area (Å²) in [6, 6.07) is 9.33. The van der Waals surface area contributed by atoms with Gasteiger partial charge >= 0.3 is 5.97 Å². The first-order valence-electron chi connectivity index (χ1n) is 5.04. The Labute approximate surface area is 90.7 Å². The molecule has 1 atom stereocenters. The third kappa shape index (κ3) is 3.06. The highest BCUT2D eigenvalue weighted by molar-refractivity contribution is 5.77. The van der Waals surface area contributed by atoms with Crippen molar-refractivity contribution >= 4 is 5.97 Å². The summed E-state index contributed by atoms with van der Waals surface area (Å²) >= 11 is 0. The van der Waals surface area contributed by atoms with Gasteiger partial charge in [0.25, 0.3) is 0 Å². The van der Waals surface area contributed by atoms with E-state index in [9.17, 15) is 4.79 Å². The average molecular weight is 207 g/mol. The summed E-state index contributed by atoms with van der Waals surface area (Å²) in [7, 11) is 3.74. The number of hydrogen-bond acceptors (Lipinski definition) is 3. The molecule has 1 rings (SSSR count). The lowest BCUT2D eigenvalue weighted by atomic mass is 10.1. The molecule has 1 aromatic carbocycles. The summed E-state index contributed by atoms with van der Waals surface area (Å²) in [6.07, 6.45) is 0. The van der Waals surface area contributed by atoms with Gasteiger partial charge in [0.05, 0.1) is 6.61 Å². The van der Waals surface area contributed by atoms with E-state index in [4.69, 9.17) is 4.74 Å². The van der Waals surface area contributed by atoms with Gasteiger partial charge in [-0.3, -0.25) is 4.90 Å². The highest BCUT2D eigenvalue weighted by Crippen LogP contribution is 2.19. The number of hydrogen-bond donors (Lipinski definition) is 0. The third-order valence-electron chi connectivity index (χ3n) is 2.14. The first-order valence-corrected chi connectivity index (χ1v) is 5.04. The van der Waals surface area contributed by atoms with Crippen LogP contribution in [0.4, 0.5) is 0 Å². The zero-order valence-electron chi connectivity index (χ0n) is 9.43. The fourth-order valence-corrected chi connectivity index (χ4v) is 1.50. The van der Waals surface area contributed by atoms with Crippen molar-refractivity contribution < 1.29 is 9.53 Å². The molecule has 0 aliphatic rings. The molecule has 15 heavy (non-hydrogen) atoms. The Hall–Kier alpha value is -1.35. The van der Waals surface area contributed by atoms with E-state index in [-0.39, 0.29) is 12.0 Å². The van der Waals surface area contributed by atoms with Gasteiger partial charge in [-0.1, -0.05) is 30.3 Å². The second-order valence-electron chi connectivity index (χ2n) is 3.53. The number of carbonyl (C=O) groups is 1. The van der Waals surface area contributed by atoms with Crippen molar-refractivity contribution in [1.82, 2.24) is 4.90 Å². The Kier molecular flexibility index (Phi) is 4.31. The van der Waals surface area contributed by atoms with Crippen molar-refractivity contribution in [2.24, 2.45) is 0 Å². The minimum atomic E-state index is -0.314. The van der Waals surface area contributed by atoms with Crippen LogP contribution in [0.1, 0.15) is 18.5 Å². The maximum atomic E-state index is 11.7. The highest BCUT2D eigenvalue weighted by Gasteiger charge is 2.23. The fourth-order valence-electron chi connectivity index (χ4n) is 1.50. The fraction of sp³-hybridized carbons (Fsp3) is 0.417. The summed E-state index contributed by atoms with van der Waals surface area (Å²) in [6.45, 7) is 2.23. The number of benzene rings is 1. The Morgan fingerprint density at radius 2 is 1.93 bits per heavy atom. The molecule has 1 aromatic rings. The lowest BCUT2D eigenvalue weighted by molar-refractivity contribution is -0.148. The molecule has 0 bridgehead atoms. The van der Waals surface area contributed by atoms with Gasteiger partial charge in [-0.05, 0) is 26.6 Å². The van der Waals surface area contributed by atoms with Crippen molar-refractivity contribution in [3.05, 3.63) is 35.9 Å². The van der Waals surface area contributed by atoms with Crippen LogP contribution in [0.5, 0.6) is 0 Å². The third-order valence-corrected chi connectivity index (χ3v) is 2.14. The molecule has 0 fully saturated rings. The first-order chi connectivity index (χ1) is 7.16. The maximum absolute atomic E-state index is 11.7. The van der Waals surface area contributed by atoms with E-state index in [0.717, 1.165) is 5.56 Å². The second-order valence-corrected chi connectivity index (χ2v) is 3.53. The number of carbonyl (C=O) groups excluding carboxylic acids is 1. The van der Waals surface area contributed by atoms with Crippen molar-refractivity contribution in [1.29, 1.82) is 0 Å². The van der Waals surface area contributed by atoms with E-state index < -0.39 is 0 Å². The molecule has 0 unspecified atom stereocenters. The van der Waals surface area contributed by atoms with Gasteiger partial charge in [0.15, 0.2) is 0 Å². The van der Waals surface area contributed by atoms with Crippen molar-refractivity contribution in [2.45, 2.75) is 13.0 Å². The SMILES string of the molecule is CCOC(=O)[C@@H](c1ccccc1)N(C)C. The molecule has 0 N–H and O–H groups in total. The predicted octanol–water partition coefficient (Wildman–Crippen LogP) is 1.85. The molecule has 82 valence electrons. The number of ether oxygens (including phenoxy) is 1. The summed E-state index contributed by atoms with van der Waals surface area (Å²) in [5.74, 6) is -0.200. The number of rotatable bonds is 4. The average Bonchev–Trinajstić information content (AvgIpc) is 2.19. The zero-order chi connectivity index (χ0) is 11.3. The molecule has 3 heteroatoms. The summed E-state index contributed by atoms with van der Waals surface area (Å²) < 4.78 is 5.04. The van der Waals surface area contributed by atoms with Gasteiger partial charge < -0.3 is 4.74 Å². The van der Waals surface area contributed by atoms with Gasteiger partial charge in [0.1, 0.15) is 6.04 Å². The van der Waals surface area contributed by atoms with Gasteiger partial charge in [-0.25, -0.2) is 4.79 Å². The van der Waals surface area contributed by atoms with Crippen LogP contribution in [-0.2, 0) is 9.53 Å². The van der Waals surface area contributed by atoms with Crippen LogP contribution in [0.3, 0.4) is 0 Å². The Morgan fingerprint density at radius 3 is 2.40 bits per heavy atom. The normalized spacial score (nSPS) is 12.5. The van der Waals surface area contributed by atoms with Crippen LogP contribution in [-0.4, -0.2) is 31.6 Å². The summed E-state index contributed by atoms with van der Waals surface area (Å²) in [5.41, 5.74) is 0.959. The van der Waals surface area contributed by atoms with E-state index in [1.807, 2.05) is 56.3 Å². The number of esters is 1. The number of likely N-dealkylation sites (N-methyl/N-ethyl adjacent to an activating group) is 1. The summed E-state index contributed by atoms with van der Waals surface area (Å²) in [5, 5.41) is 0. The van der Waals surface area contributed by atoms with Gasteiger partial charge in [-0.15, -0.1) is 0 Å². The van der Waals surface area contributed by atoms with E-state index in [1.165, 1.54) is 0 Å². The number of nitrogens with zero attached hydrogens (tertiary/aromatic N) is 1. The van der Waals surface area contributed by atoms with E-state index in [1.54, 1.807) is 0 Å². The largest absolute Gasteiger partial charge is 0.465 e. The highest BCUT2D eigenvalue weighted by atomic mass is 16.5. The lowest BCUT2D eigenvalue weighted by Gasteiger charge is -2.22. The first kappa shape index (κ1) is 11.7. The van der Waals surface area contributed by atoms with Crippen LogP contribution in [0, 0.1) is 0 Å². The Balaban J connectivity index is 2.88. The monoisotopic (exact) mass is 207 g/mol. The molecule has 0 heterocycles. The Bertz CT molecular complexity index is 309. The molecule has 0 aliphatic carbocycles. The molecule has 0 saturated carbocycles. The molecule has 0 radical (unpaired) electrons. The van der Waals surface area contributed by atoms with Crippen molar-refractivity contribution in [2.75, 3.05) is 20.7 Å². The maximum Gasteiger partial charge on any atom is 0.327 e. The van der Waals surface area contributed by atoms with Crippen LogP contribution in [0.25, 0.3) is 0 Å². The molecule has 0 amide bonds. The van der Waals surface area contributed by atoms with Gasteiger partial charge in [0.2, 0.25) is 0 Å². The van der Waals surface area contributed by atoms with E-state index in [0.29, 0.717) is 6.61 Å². The van der Waals surface area contributed by atoms with E-state index in [2.05, 4.69) is 0 Å². The molecule has 0 spiro atoms. The minimum absolute atomic E-state index is 0.200. The predicted molar refractivity (Wildman–Crippen MR) is 59.5 cm³/mol.